The summed E-state index contributed by atoms with van der Waals surface area (Å²) in [5.74, 6) is 0. The Bertz CT molecular complexity index is 332. The average molecular weight is 296 g/mol. The van der Waals surface area contributed by atoms with Gasteiger partial charge >= 0.3 is 6.09 Å². The van der Waals surface area contributed by atoms with Gasteiger partial charge in [-0.2, -0.15) is 0 Å². The lowest BCUT2D eigenvalue weighted by molar-refractivity contribution is 0.0475. The molecule has 0 aromatic carbocycles. The van der Waals surface area contributed by atoms with Crippen LogP contribution in [0.15, 0.2) is 0 Å². The van der Waals surface area contributed by atoms with E-state index in [1.54, 1.807) is 0 Å². The highest BCUT2D eigenvalue weighted by molar-refractivity contribution is 5.68. The number of amides is 1. The second-order valence-electron chi connectivity index (χ2n) is 7.65. The Hall–Kier alpha value is -0.770. The third-order valence-corrected chi connectivity index (χ3v) is 4.52. The van der Waals surface area contributed by atoms with E-state index < -0.39 is 5.60 Å². The van der Waals surface area contributed by atoms with Crippen LogP contribution in [0.2, 0.25) is 0 Å². The highest BCUT2D eigenvalue weighted by atomic mass is 16.6. The molecule has 4 heteroatoms. The van der Waals surface area contributed by atoms with Gasteiger partial charge < -0.3 is 15.4 Å². The van der Waals surface area contributed by atoms with Crippen LogP contribution in [0.3, 0.4) is 0 Å². The van der Waals surface area contributed by atoms with Gasteiger partial charge in [0.1, 0.15) is 5.60 Å². The fourth-order valence-corrected chi connectivity index (χ4v) is 3.53. The number of carbonyl (C=O) groups is 1. The van der Waals surface area contributed by atoms with Crippen LogP contribution in [0.4, 0.5) is 4.79 Å². The second kappa shape index (κ2) is 7.48. The van der Waals surface area contributed by atoms with Crippen molar-refractivity contribution in [2.75, 3.05) is 0 Å². The lowest BCUT2D eigenvalue weighted by atomic mass is 9.87. The molecule has 1 amide bonds. The Morgan fingerprint density at radius 2 is 1.48 bits per heavy atom. The van der Waals surface area contributed by atoms with Crippen LogP contribution in [0.5, 0.6) is 0 Å². The van der Waals surface area contributed by atoms with Gasteiger partial charge in [0.2, 0.25) is 0 Å². The molecule has 2 rings (SSSR count). The van der Waals surface area contributed by atoms with Crippen molar-refractivity contribution in [3.05, 3.63) is 0 Å². The minimum atomic E-state index is -0.426. The first-order chi connectivity index (χ1) is 9.94. The van der Waals surface area contributed by atoms with E-state index in [-0.39, 0.29) is 12.1 Å². The Balaban J connectivity index is 1.84. The molecule has 21 heavy (non-hydrogen) atoms. The number of nitrogens with one attached hydrogen (secondary N) is 2. The summed E-state index contributed by atoms with van der Waals surface area (Å²) in [6.45, 7) is 5.72. The minimum Gasteiger partial charge on any atom is -0.444 e. The summed E-state index contributed by atoms with van der Waals surface area (Å²) in [5.41, 5.74) is -0.426. The monoisotopic (exact) mass is 296 g/mol. The third kappa shape index (κ3) is 5.85. The second-order valence-corrected chi connectivity index (χ2v) is 7.65. The van der Waals surface area contributed by atoms with Crippen molar-refractivity contribution in [1.82, 2.24) is 10.6 Å². The van der Waals surface area contributed by atoms with Crippen LogP contribution in [0, 0.1) is 0 Å². The predicted molar refractivity (Wildman–Crippen MR) is 85.4 cm³/mol. The molecule has 2 aliphatic rings. The molecular formula is C17H32N2O2. The molecule has 0 saturated heterocycles. The SMILES string of the molecule is CC(C)(C)OC(=O)N[C@@H]1CCCC[C@H]1NC1CCCCC1. The van der Waals surface area contributed by atoms with Crippen molar-refractivity contribution in [3.8, 4) is 0 Å². The number of rotatable bonds is 3. The summed E-state index contributed by atoms with van der Waals surface area (Å²) >= 11 is 0. The summed E-state index contributed by atoms with van der Waals surface area (Å²) in [6, 6.07) is 1.27. The van der Waals surface area contributed by atoms with Crippen LogP contribution in [0.25, 0.3) is 0 Å². The van der Waals surface area contributed by atoms with E-state index in [4.69, 9.17) is 4.74 Å². The molecule has 0 bridgehead atoms. The zero-order chi connectivity index (χ0) is 15.3. The van der Waals surface area contributed by atoms with Crippen molar-refractivity contribution >= 4 is 6.09 Å². The average Bonchev–Trinajstić information content (AvgIpc) is 2.40. The maximum atomic E-state index is 12.0. The van der Waals surface area contributed by atoms with E-state index in [2.05, 4.69) is 10.6 Å². The van der Waals surface area contributed by atoms with Gasteiger partial charge in [0.15, 0.2) is 0 Å². The van der Waals surface area contributed by atoms with E-state index in [0.29, 0.717) is 12.1 Å². The number of hydrogen-bond donors (Lipinski definition) is 2. The summed E-state index contributed by atoms with van der Waals surface area (Å²) in [5, 5.41) is 6.90. The maximum absolute atomic E-state index is 12.0. The van der Waals surface area contributed by atoms with Gasteiger partial charge in [-0.15, -0.1) is 0 Å². The molecule has 2 aliphatic carbocycles. The van der Waals surface area contributed by atoms with Crippen LogP contribution < -0.4 is 10.6 Å². The fraction of sp³-hybridized carbons (Fsp3) is 0.941. The van der Waals surface area contributed by atoms with Crippen molar-refractivity contribution in [1.29, 1.82) is 0 Å². The zero-order valence-corrected chi connectivity index (χ0v) is 13.9. The molecular weight excluding hydrogens is 264 g/mol. The molecule has 0 aromatic heterocycles. The number of ether oxygens (including phenoxy) is 1. The summed E-state index contributed by atoms with van der Waals surface area (Å²) in [7, 11) is 0. The molecule has 0 radical (unpaired) electrons. The molecule has 2 fully saturated rings. The molecule has 2 N–H and O–H groups in total. The highest BCUT2D eigenvalue weighted by Gasteiger charge is 2.30. The topological polar surface area (TPSA) is 50.4 Å². The number of alkyl carbamates (subject to hydrolysis) is 1. The Kier molecular flexibility index (Phi) is 5.91. The first kappa shape index (κ1) is 16.6. The predicted octanol–water partition coefficient (Wildman–Crippen LogP) is 3.74. The van der Waals surface area contributed by atoms with Crippen molar-refractivity contribution in [2.45, 2.75) is 102 Å². The van der Waals surface area contributed by atoms with Crippen LogP contribution in [-0.2, 0) is 4.74 Å². The maximum Gasteiger partial charge on any atom is 0.407 e. The first-order valence-electron chi connectivity index (χ1n) is 8.69. The molecule has 0 heterocycles. The Morgan fingerprint density at radius 3 is 2.10 bits per heavy atom. The first-order valence-corrected chi connectivity index (χ1v) is 8.69. The fourth-order valence-electron chi connectivity index (χ4n) is 3.53. The van der Waals surface area contributed by atoms with Crippen LogP contribution in [0.1, 0.15) is 78.6 Å². The van der Waals surface area contributed by atoms with Crippen molar-refractivity contribution in [3.63, 3.8) is 0 Å². The van der Waals surface area contributed by atoms with Gasteiger partial charge in [0.05, 0.1) is 0 Å². The minimum absolute atomic E-state index is 0.218. The van der Waals surface area contributed by atoms with Gasteiger partial charge in [-0.1, -0.05) is 32.1 Å². The lowest BCUT2D eigenvalue weighted by Crippen LogP contribution is -2.55. The van der Waals surface area contributed by atoms with Gasteiger partial charge in [-0.25, -0.2) is 4.79 Å². The van der Waals surface area contributed by atoms with Gasteiger partial charge in [-0.3, -0.25) is 0 Å². The van der Waals surface area contributed by atoms with Crippen LogP contribution >= 0.6 is 0 Å². The van der Waals surface area contributed by atoms with Crippen LogP contribution in [-0.4, -0.2) is 29.8 Å². The summed E-state index contributed by atoms with van der Waals surface area (Å²) in [4.78, 5) is 12.0. The molecule has 0 aliphatic heterocycles. The Morgan fingerprint density at radius 1 is 0.905 bits per heavy atom. The molecule has 0 spiro atoms. The molecule has 122 valence electrons. The summed E-state index contributed by atoms with van der Waals surface area (Å²) in [6.07, 6.45) is 11.0. The smallest absolute Gasteiger partial charge is 0.407 e. The van der Waals surface area contributed by atoms with E-state index in [9.17, 15) is 4.79 Å². The van der Waals surface area contributed by atoms with Gasteiger partial charge in [0, 0.05) is 18.1 Å². The molecule has 2 saturated carbocycles. The van der Waals surface area contributed by atoms with Crippen molar-refractivity contribution in [2.24, 2.45) is 0 Å². The standard InChI is InChI=1S/C17H32N2O2/c1-17(2,3)21-16(20)19-15-12-8-7-11-14(15)18-13-9-5-4-6-10-13/h13-15,18H,4-12H2,1-3H3,(H,19,20)/t14-,15-/m1/s1. The van der Waals surface area contributed by atoms with E-state index in [1.807, 2.05) is 20.8 Å². The van der Waals surface area contributed by atoms with E-state index >= 15 is 0 Å². The number of carbonyl (C=O) groups excluding carboxylic acids is 1. The van der Waals surface area contributed by atoms with E-state index in [0.717, 1.165) is 12.8 Å². The normalized spacial score (nSPS) is 28.1. The molecule has 0 unspecified atom stereocenters. The van der Waals surface area contributed by atoms with Gasteiger partial charge in [0.25, 0.3) is 0 Å². The largest absolute Gasteiger partial charge is 0.444 e. The lowest BCUT2D eigenvalue weighted by Gasteiger charge is -2.37. The zero-order valence-electron chi connectivity index (χ0n) is 13.9. The Labute approximate surface area is 129 Å². The third-order valence-electron chi connectivity index (χ3n) is 4.52. The highest BCUT2D eigenvalue weighted by Crippen LogP contribution is 2.23. The summed E-state index contributed by atoms with van der Waals surface area (Å²) < 4.78 is 5.40. The van der Waals surface area contributed by atoms with E-state index in [1.165, 1.54) is 44.9 Å². The molecule has 2 atom stereocenters. The molecule has 0 aromatic rings. The quantitative estimate of drug-likeness (QED) is 0.834. The van der Waals surface area contributed by atoms with Gasteiger partial charge in [-0.05, 0) is 46.5 Å². The molecule has 4 nitrogen and oxygen atoms in total. The number of hydrogen-bond acceptors (Lipinski definition) is 3. The van der Waals surface area contributed by atoms with Crippen molar-refractivity contribution < 1.29 is 9.53 Å².